The first kappa shape index (κ1) is 16.1. The molecule has 1 atom stereocenters. The molecule has 19 heavy (non-hydrogen) atoms. The van der Waals surface area contributed by atoms with E-state index in [1.54, 1.807) is 7.11 Å². The van der Waals surface area contributed by atoms with Crippen LogP contribution in [-0.2, 0) is 17.8 Å². The molecule has 0 radical (unpaired) electrons. The Labute approximate surface area is 117 Å². The van der Waals surface area contributed by atoms with Crippen molar-refractivity contribution in [2.75, 3.05) is 26.8 Å². The SMILES string of the molecule is CCNCc1cccc(CN(CC)C(C)COC)n1. The minimum absolute atomic E-state index is 0.411. The zero-order valence-electron chi connectivity index (χ0n) is 12.6. The van der Waals surface area contributed by atoms with Gasteiger partial charge in [-0.3, -0.25) is 9.88 Å². The molecule has 1 rings (SSSR count). The molecular formula is C15H27N3O. The maximum atomic E-state index is 5.23. The van der Waals surface area contributed by atoms with Gasteiger partial charge >= 0.3 is 0 Å². The molecule has 0 spiro atoms. The first-order valence-corrected chi connectivity index (χ1v) is 7.09. The molecule has 4 nitrogen and oxygen atoms in total. The van der Waals surface area contributed by atoms with E-state index < -0.39 is 0 Å². The fourth-order valence-electron chi connectivity index (χ4n) is 2.10. The number of nitrogens with one attached hydrogen (secondary N) is 1. The topological polar surface area (TPSA) is 37.4 Å². The van der Waals surface area contributed by atoms with Crippen LogP contribution in [0.5, 0.6) is 0 Å². The van der Waals surface area contributed by atoms with Crippen molar-refractivity contribution in [3.63, 3.8) is 0 Å². The lowest BCUT2D eigenvalue weighted by Gasteiger charge is -2.27. The Balaban J connectivity index is 2.63. The van der Waals surface area contributed by atoms with Gasteiger partial charge in [0.15, 0.2) is 0 Å². The van der Waals surface area contributed by atoms with E-state index in [1.165, 1.54) is 0 Å². The number of aromatic nitrogens is 1. The summed E-state index contributed by atoms with van der Waals surface area (Å²) >= 11 is 0. The highest BCUT2D eigenvalue weighted by Gasteiger charge is 2.12. The molecule has 4 heteroatoms. The Kier molecular flexibility index (Phi) is 7.63. The average Bonchev–Trinajstić information content (AvgIpc) is 2.43. The lowest BCUT2D eigenvalue weighted by atomic mass is 10.2. The Hall–Kier alpha value is -0.970. The van der Waals surface area contributed by atoms with Crippen LogP contribution in [0.1, 0.15) is 32.2 Å². The van der Waals surface area contributed by atoms with E-state index >= 15 is 0 Å². The summed E-state index contributed by atoms with van der Waals surface area (Å²) in [5.74, 6) is 0. The van der Waals surface area contributed by atoms with Gasteiger partial charge in [0.25, 0.3) is 0 Å². The van der Waals surface area contributed by atoms with E-state index in [4.69, 9.17) is 9.72 Å². The molecule has 0 saturated carbocycles. The molecule has 1 aromatic rings. The average molecular weight is 265 g/mol. The second-order valence-corrected chi connectivity index (χ2v) is 4.77. The quantitative estimate of drug-likeness (QED) is 0.741. The van der Waals surface area contributed by atoms with Crippen molar-refractivity contribution < 1.29 is 4.74 Å². The second-order valence-electron chi connectivity index (χ2n) is 4.77. The van der Waals surface area contributed by atoms with Crippen LogP contribution in [0, 0.1) is 0 Å². The fourth-order valence-corrected chi connectivity index (χ4v) is 2.10. The summed E-state index contributed by atoms with van der Waals surface area (Å²) in [7, 11) is 1.75. The van der Waals surface area contributed by atoms with Crippen molar-refractivity contribution >= 4 is 0 Å². The Morgan fingerprint density at radius 3 is 2.68 bits per heavy atom. The second kappa shape index (κ2) is 9.02. The number of rotatable bonds is 9. The maximum absolute atomic E-state index is 5.23. The molecule has 1 aromatic heterocycles. The molecule has 0 aliphatic rings. The van der Waals surface area contributed by atoms with Crippen molar-refractivity contribution in [3.05, 3.63) is 29.6 Å². The monoisotopic (exact) mass is 265 g/mol. The van der Waals surface area contributed by atoms with Crippen molar-refractivity contribution in [3.8, 4) is 0 Å². The minimum Gasteiger partial charge on any atom is -0.383 e. The number of likely N-dealkylation sites (N-methyl/N-ethyl adjacent to an activating group) is 1. The van der Waals surface area contributed by atoms with Gasteiger partial charge in [-0.05, 0) is 32.1 Å². The molecule has 0 saturated heterocycles. The van der Waals surface area contributed by atoms with Gasteiger partial charge < -0.3 is 10.1 Å². The number of hydrogen-bond acceptors (Lipinski definition) is 4. The molecule has 1 unspecified atom stereocenters. The number of ether oxygens (including phenoxy) is 1. The normalized spacial score (nSPS) is 12.9. The highest BCUT2D eigenvalue weighted by molar-refractivity contribution is 5.11. The lowest BCUT2D eigenvalue weighted by molar-refractivity contribution is 0.0973. The van der Waals surface area contributed by atoms with E-state index in [0.29, 0.717) is 6.04 Å². The van der Waals surface area contributed by atoms with Gasteiger partial charge in [-0.15, -0.1) is 0 Å². The Bertz CT molecular complexity index is 357. The summed E-state index contributed by atoms with van der Waals surface area (Å²) in [4.78, 5) is 7.07. The van der Waals surface area contributed by atoms with E-state index in [0.717, 1.165) is 44.2 Å². The highest BCUT2D eigenvalue weighted by Crippen LogP contribution is 2.07. The minimum atomic E-state index is 0.411. The van der Waals surface area contributed by atoms with Gasteiger partial charge in [0.1, 0.15) is 0 Å². The van der Waals surface area contributed by atoms with Gasteiger partial charge in [-0.1, -0.05) is 19.9 Å². The molecular weight excluding hydrogens is 238 g/mol. The van der Waals surface area contributed by atoms with E-state index in [9.17, 15) is 0 Å². The first-order valence-electron chi connectivity index (χ1n) is 7.09. The molecule has 1 heterocycles. The van der Waals surface area contributed by atoms with Gasteiger partial charge in [-0.2, -0.15) is 0 Å². The van der Waals surface area contributed by atoms with E-state index in [2.05, 4.69) is 49.2 Å². The highest BCUT2D eigenvalue weighted by atomic mass is 16.5. The van der Waals surface area contributed by atoms with Crippen LogP contribution in [0.4, 0.5) is 0 Å². The summed E-state index contributed by atoms with van der Waals surface area (Å²) in [6.45, 7) is 10.9. The third kappa shape index (κ3) is 5.68. The number of methoxy groups -OCH3 is 1. The predicted octanol–water partition coefficient (Wildman–Crippen LogP) is 2.05. The van der Waals surface area contributed by atoms with Crippen LogP contribution in [0.3, 0.4) is 0 Å². The smallest absolute Gasteiger partial charge is 0.0615 e. The summed E-state index contributed by atoms with van der Waals surface area (Å²) in [6, 6.07) is 6.66. The molecule has 1 N–H and O–H groups in total. The summed E-state index contributed by atoms with van der Waals surface area (Å²) < 4.78 is 5.23. The molecule has 0 bridgehead atoms. The number of hydrogen-bond donors (Lipinski definition) is 1. The molecule has 108 valence electrons. The number of pyridine rings is 1. The molecule has 0 aliphatic heterocycles. The summed E-state index contributed by atoms with van der Waals surface area (Å²) in [5.41, 5.74) is 2.23. The molecule has 0 fully saturated rings. The van der Waals surface area contributed by atoms with Gasteiger partial charge in [0.05, 0.1) is 18.0 Å². The van der Waals surface area contributed by atoms with Gasteiger partial charge in [0, 0.05) is 26.2 Å². The summed E-state index contributed by atoms with van der Waals surface area (Å²) in [5, 5.41) is 3.31. The third-order valence-corrected chi connectivity index (χ3v) is 3.22. The summed E-state index contributed by atoms with van der Waals surface area (Å²) in [6.07, 6.45) is 0. The molecule has 0 aliphatic carbocycles. The van der Waals surface area contributed by atoms with Crippen LogP contribution in [-0.4, -0.2) is 42.7 Å². The van der Waals surface area contributed by atoms with Crippen LogP contribution in [0.25, 0.3) is 0 Å². The van der Waals surface area contributed by atoms with Crippen molar-refractivity contribution in [1.29, 1.82) is 0 Å². The lowest BCUT2D eigenvalue weighted by Crippen LogP contribution is -2.35. The van der Waals surface area contributed by atoms with E-state index in [-0.39, 0.29) is 0 Å². The Morgan fingerprint density at radius 2 is 2.05 bits per heavy atom. The van der Waals surface area contributed by atoms with E-state index in [1.807, 2.05) is 0 Å². The zero-order chi connectivity index (χ0) is 14.1. The molecule has 0 aromatic carbocycles. The van der Waals surface area contributed by atoms with Crippen LogP contribution in [0.15, 0.2) is 18.2 Å². The largest absolute Gasteiger partial charge is 0.383 e. The first-order chi connectivity index (χ1) is 9.21. The molecule has 0 amide bonds. The van der Waals surface area contributed by atoms with Gasteiger partial charge in [-0.25, -0.2) is 0 Å². The predicted molar refractivity (Wildman–Crippen MR) is 79.0 cm³/mol. The standard InChI is InChI=1S/C15H27N3O/c1-5-16-10-14-8-7-9-15(17-14)11-18(6-2)13(3)12-19-4/h7-9,13,16H,5-6,10-12H2,1-4H3. The zero-order valence-corrected chi connectivity index (χ0v) is 12.6. The van der Waals surface area contributed by atoms with Crippen molar-refractivity contribution in [2.45, 2.75) is 39.9 Å². The Morgan fingerprint density at radius 1 is 1.32 bits per heavy atom. The van der Waals surface area contributed by atoms with Crippen LogP contribution in [0.2, 0.25) is 0 Å². The third-order valence-electron chi connectivity index (χ3n) is 3.22. The van der Waals surface area contributed by atoms with Crippen LogP contribution < -0.4 is 5.32 Å². The van der Waals surface area contributed by atoms with Crippen LogP contribution >= 0.6 is 0 Å². The number of nitrogens with zero attached hydrogens (tertiary/aromatic N) is 2. The van der Waals surface area contributed by atoms with Gasteiger partial charge in [0.2, 0.25) is 0 Å². The maximum Gasteiger partial charge on any atom is 0.0615 e. The van der Waals surface area contributed by atoms with Crippen molar-refractivity contribution in [2.24, 2.45) is 0 Å². The van der Waals surface area contributed by atoms with Crippen molar-refractivity contribution in [1.82, 2.24) is 15.2 Å². The fraction of sp³-hybridized carbons (Fsp3) is 0.667.